The lowest BCUT2D eigenvalue weighted by Gasteiger charge is -2.50. The van der Waals surface area contributed by atoms with Crippen molar-refractivity contribution in [2.45, 2.75) is 103 Å². The van der Waals surface area contributed by atoms with E-state index in [4.69, 9.17) is 23.2 Å². The Morgan fingerprint density at radius 3 is 2.00 bits per heavy atom. The van der Waals surface area contributed by atoms with Crippen LogP contribution in [0.25, 0.3) is 0 Å². The normalized spacial score (nSPS) is 26.1. The van der Waals surface area contributed by atoms with Crippen LogP contribution in [0.1, 0.15) is 97.8 Å². The third kappa shape index (κ3) is 3.42. The van der Waals surface area contributed by atoms with Crippen LogP contribution in [0.2, 0.25) is 10.0 Å². The second-order valence-electron chi connectivity index (χ2n) is 12.2. The van der Waals surface area contributed by atoms with Gasteiger partial charge in [-0.2, -0.15) is 0 Å². The van der Waals surface area contributed by atoms with Gasteiger partial charge in [-0.25, -0.2) is 0 Å². The number of benzene rings is 2. The van der Waals surface area contributed by atoms with Crippen LogP contribution in [0.15, 0.2) is 30.3 Å². The number of halogens is 2. The fourth-order valence-corrected chi connectivity index (χ4v) is 6.16. The maximum atomic E-state index is 6.93. The molecule has 2 aromatic carbocycles. The Hall–Kier alpha value is -1.18. The molecule has 0 bridgehead atoms. The van der Waals surface area contributed by atoms with Crippen molar-refractivity contribution in [3.8, 4) is 0 Å². The Morgan fingerprint density at radius 1 is 0.774 bits per heavy atom. The summed E-state index contributed by atoms with van der Waals surface area (Å²) in [6, 6.07) is 11.4. The van der Waals surface area contributed by atoms with Gasteiger partial charge in [0.2, 0.25) is 0 Å². The van der Waals surface area contributed by atoms with Crippen LogP contribution in [-0.2, 0) is 16.2 Å². The van der Waals surface area contributed by atoms with Crippen molar-refractivity contribution in [1.82, 2.24) is 0 Å². The largest absolute Gasteiger partial charge is 0.333 e. The lowest BCUT2D eigenvalue weighted by molar-refractivity contribution is 0.194. The summed E-state index contributed by atoms with van der Waals surface area (Å²) in [4.78, 5) is 2.54. The van der Waals surface area contributed by atoms with Crippen molar-refractivity contribution in [2.75, 3.05) is 4.90 Å². The van der Waals surface area contributed by atoms with Gasteiger partial charge < -0.3 is 4.90 Å². The van der Waals surface area contributed by atoms with Gasteiger partial charge >= 0.3 is 0 Å². The summed E-state index contributed by atoms with van der Waals surface area (Å²) >= 11 is 13.6. The molecule has 1 nitrogen and oxygen atoms in total. The molecular weight excluding hydrogens is 421 g/mol. The van der Waals surface area contributed by atoms with E-state index >= 15 is 0 Å². The molecule has 2 aliphatic rings. The molecule has 4 rings (SSSR count). The highest BCUT2D eigenvalue weighted by Gasteiger charge is 2.58. The van der Waals surface area contributed by atoms with Gasteiger partial charge in [-0.1, -0.05) is 96.6 Å². The minimum atomic E-state index is -0.0342. The Kier molecular flexibility index (Phi) is 5.31. The third-order valence-corrected chi connectivity index (χ3v) is 8.88. The minimum Gasteiger partial charge on any atom is -0.333 e. The monoisotopic (exact) mass is 457 g/mol. The average molecular weight is 459 g/mol. The molecule has 2 aromatic rings. The van der Waals surface area contributed by atoms with Crippen LogP contribution in [0.5, 0.6) is 0 Å². The highest BCUT2D eigenvalue weighted by molar-refractivity contribution is 6.44. The van der Waals surface area contributed by atoms with Gasteiger partial charge in [0.25, 0.3) is 0 Å². The molecule has 0 N–H and O–H groups in total. The molecule has 1 aliphatic heterocycles. The van der Waals surface area contributed by atoms with E-state index in [1.54, 1.807) is 0 Å². The molecule has 1 fully saturated rings. The highest BCUT2D eigenvalue weighted by Crippen LogP contribution is 2.62. The summed E-state index contributed by atoms with van der Waals surface area (Å²) in [5.74, 6) is 0. The number of rotatable bonds is 1. The van der Waals surface area contributed by atoms with Crippen LogP contribution in [0.4, 0.5) is 11.4 Å². The van der Waals surface area contributed by atoms with Crippen molar-refractivity contribution in [1.29, 1.82) is 0 Å². The molecule has 1 saturated carbocycles. The first-order chi connectivity index (χ1) is 14.2. The molecule has 0 aromatic heterocycles. The van der Waals surface area contributed by atoms with E-state index < -0.39 is 0 Å². The van der Waals surface area contributed by atoms with Crippen molar-refractivity contribution in [3.63, 3.8) is 0 Å². The van der Waals surface area contributed by atoms with Crippen molar-refractivity contribution < 1.29 is 0 Å². The fraction of sp³-hybridized carbons (Fsp3) is 0.571. The molecule has 1 aliphatic carbocycles. The van der Waals surface area contributed by atoms with Gasteiger partial charge in [0.15, 0.2) is 0 Å². The van der Waals surface area contributed by atoms with Gasteiger partial charge in [0, 0.05) is 11.1 Å². The van der Waals surface area contributed by atoms with Gasteiger partial charge in [0.05, 0.1) is 21.3 Å². The van der Waals surface area contributed by atoms with Crippen LogP contribution in [-0.4, -0.2) is 5.54 Å². The van der Waals surface area contributed by atoms with E-state index in [0.717, 1.165) is 12.1 Å². The summed E-state index contributed by atoms with van der Waals surface area (Å²) in [5.41, 5.74) is 6.60. The smallest absolute Gasteiger partial charge is 0.0829 e. The molecule has 3 heteroatoms. The predicted octanol–water partition coefficient (Wildman–Crippen LogP) is 9.33. The topological polar surface area (TPSA) is 3.24 Å². The second-order valence-corrected chi connectivity index (χ2v) is 13.0. The SMILES string of the molecule is CC(C)(C)c1cc(Cl)c(Cl)c(N2c3ccc(C(C)(C)C)cc3C3(C)CCCCC23C)c1. The lowest BCUT2D eigenvalue weighted by Crippen LogP contribution is -2.54. The average Bonchev–Trinajstić information content (AvgIpc) is 2.86. The van der Waals surface area contributed by atoms with Gasteiger partial charge in [0.1, 0.15) is 0 Å². The summed E-state index contributed by atoms with van der Waals surface area (Å²) in [6.07, 6.45) is 4.87. The molecular formula is C28H37Cl2N. The van der Waals surface area contributed by atoms with Crippen LogP contribution in [0, 0.1) is 0 Å². The molecule has 2 atom stereocenters. The van der Waals surface area contributed by atoms with E-state index in [2.05, 4.69) is 84.6 Å². The summed E-state index contributed by atoms with van der Waals surface area (Å²) in [6.45, 7) is 18.5. The van der Waals surface area contributed by atoms with Gasteiger partial charge in [-0.05, 0) is 65.5 Å². The van der Waals surface area contributed by atoms with E-state index in [9.17, 15) is 0 Å². The first-order valence-electron chi connectivity index (χ1n) is 11.6. The van der Waals surface area contributed by atoms with E-state index in [0.29, 0.717) is 10.0 Å². The summed E-state index contributed by atoms with van der Waals surface area (Å²) in [7, 11) is 0. The molecule has 2 unspecified atom stereocenters. The van der Waals surface area contributed by atoms with E-state index in [1.807, 2.05) is 6.07 Å². The highest BCUT2D eigenvalue weighted by atomic mass is 35.5. The van der Waals surface area contributed by atoms with Crippen LogP contribution in [0.3, 0.4) is 0 Å². The quantitative estimate of drug-likeness (QED) is 0.411. The first-order valence-corrected chi connectivity index (χ1v) is 12.4. The van der Waals surface area contributed by atoms with Gasteiger partial charge in [-0.15, -0.1) is 0 Å². The second kappa shape index (κ2) is 7.16. The predicted molar refractivity (Wildman–Crippen MR) is 137 cm³/mol. The zero-order valence-corrected chi connectivity index (χ0v) is 21.9. The molecule has 168 valence electrons. The minimum absolute atomic E-state index is 0.00159. The Balaban J connectivity index is 2.01. The summed E-state index contributed by atoms with van der Waals surface area (Å²) < 4.78 is 0. The fourth-order valence-electron chi connectivity index (χ4n) is 5.75. The van der Waals surface area contributed by atoms with E-state index in [1.165, 1.54) is 41.6 Å². The Labute approximate surface area is 199 Å². The standard InChI is InChI=1S/C28H37Cl2N/c1-25(2,3)18-11-12-22-20(15-18)27(7)13-9-10-14-28(27,8)31(22)23-17-19(26(4,5)6)16-21(29)24(23)30/h11-12,15-17H,9-10,13-14H2,1-8H3. The maximum Gasteiger partial charge on any atom is 0.0829 e. The lowest BCUT2D eigenvalue weighted by atomic mass is 9.61. The Morgan fingerprint density at radius 2 is 1.39 bits per heavy atom. The molecule has 0 saturated heterocycles. The molecule has 31 heavy (non-hydrogen) atoms. The number of nitrogens with zero attached hydrogens (tertiary/aromatic N) is 1. The first kappa shape index (κ1) is 23.0. The van der Waals surface area contributed by atoms with E-state index in [-0.39, 0.29) is 21.8 Å². The maximum absolute atomic E-state index is 6.93. The number of fused-ring (bicyclic) bond motifs is 3. The zero-order chi connectivity index (χ0) is 23.0. The third-order valence-electron chi connectivity index (χ3n) is 8.09. The molecule has 0 radical (unpaired) electrons. The molecule has 0 spiro atoms. The van der Waals surface area contributed by atoms with Gasteiger partial charge in [-0.3, -0.25) is 0 Å². The zero-order valence-electron chi connectivity index (χ0n) is 20.4. The van der Waals surface area contributed by atoms with Crippen molar-refractivity contribution in [3.05, 3.63) is 57.1 Å². The molecule has 1 heterocycles. The number of anilines is 2. The Bertz CT molecular complexity index is 1030. The van der Waals surface area contributed by atoms with Crippen molar-refractivity contribution in [2.24, 2.45) is 0 Å². The number of hydrogen-bond acceptors (Lipinski definition) is 1. The van der Waals surface area contributed by atoms with Crippen LogP contribution >= 0.6 is 23.2 Å². The summed E-state index contributed by atoms with van der Waals surface area (Å²) in [5, 5.41) is 1.31. The van der Waals surface area contributed by atoms with Crippen LogP contribution < -0.4 is 4.90 Å². The van der Waals surface area contributed by atoms with Crippen molar-refractivity contribution >= 4 is 34.6 Å². The number of hydrogen-bond donors (Lipinski definition) is 0. The molecule has 0 amide bonds.